The van der Waals surface area contributed by atoms with Crippen molar-refractivity contribution in [2.45, 2.75) is 20.8 Å². The maximum absolute atomic E-state index is 11.0. The highest BCUT2D eigenvalue weighted by atomic mass is 16.5. The molecule has 0 aromatic carbocycles. The SMILES string of the molecule is CCOC(=O)/C(C)=C/[C@H](C)CO. The zero-order valence-corrected chi connectivity index (χ0v) is 7.83. The molecule has 1 atom stereocenters. The Bertz CT molecular complexity index is 173. The molecule has 0 aromatic heterocycles. The molecular formula is C9H16O3. The van der Waals surface area contributed by atoms with E-state index in [0.717, 1.165) is 0 Å². The van der Waals surface area contributed by atoms with Gasteiger partial charge >= 0.3 is 5.97 Å². The van der Waals surface area contributed by atoms with Crippen LogP contribution in [0, 0.1) is 5.92 Å². The monoisotopic (exact) mass is 172 g/mol. The van der Waals surface area contributed by atoms with Crippen molar-refractivity contribution in [1.82, 2.24) is 0 Å². The van der Waals surface area contributed by atoms with Gasteiger partial charge in [-0.3, -0.25) is 0 Å². The first-order valence-corrected chi connectivity index (χ1v) is 4.08. The molecule has 0 amide bonds. The topological polar surface area (TPSA) is 46.5 Å². The Labute approximate surface area is 73.0 Å². The van der Waals surface area contributed by atoms with Gasteiger partial charge in [-0.2, -0.15) is 0 Å². The number of carbonyl (C=O) groups is 1. The smallest absolute Gasteiger partial charge is 0.333 e. The van der Waals surface area contributed by atoms with Crippen molar-refractivity contribution >= 4 is 5.97 Å². The minimum Gasteiger partial charge on any atom is -0.463 e. The van der Waals surface area contributed by atoms with Crippen LogP contribution in [0.15, 0.2) is 11.6 Å². The lowest BCUT2D eigenvalue weighted by Gasteiger charge is -2.04. The summed E-state index contributed by atoms with van der Waals surface area (Å²) in [7, 11) is 0. The summed E-state index contributed by atoms with van der Waals surface area (Å²) in [6.07, 6.45) is 1.71. The van der Waals surface area contributed by atoms with Gasteiger partial charge in [-0.15, -0.1) is 0 Å². The minimum absolute atomic E-state index is 0.00871. The molecule has 0 spiro atoms. The van der Waals surface area contributed by atoms with Gasteiger partial charge in [-0.1, -0.05) is 13.0 Å². The van der Waals surface area contributed by atoms with Crippen LogP contribution in [0.3, 0.4) is 0 Å². The molecule has 0 radical (unpaired) electrons. The van der Waals surface area contributed by atoms with Crippen LogP contribution in [0.25, 0.3) is 0 Å². The molecule has 0 saturated carbocycles. The zero-order valence-electron chi connectivity index (χ0n) is 7.83. The van der Waals surface area contributed by atoms with Gasteiger partial charge < -0.3 is 9.84 Å². The van der Waals surface area contributed by atoms with E-state index >= 15 is 0 Å². The summed E-state index contributed by atoms with van der Waals surface area (Å²) in [6.45, 7) is 5.72. The quantitative estimate of drug-likeness (QED) is 0.510. The molecule has 1 N–H and O–H groups in total. The van der Waals surface area contributed by atoms with Crippen LogP contribution >= 0.6 is 0 Å². The number of aliphatic hydroxyl groups is 1. The number of hydrogen-bond acceptors (Lipinski definition) is 3. The summed E-state index contributed by atoms with van der Waals surface area (Å²) in [5.74, 6) is -0.299. The predicted octanol–water partition coefficient (Wildman–Crippen LogP) is 1.12. The van der Waals surface area contributed by atoms with E-state index in [1.54, 1.807) is 19.9 Å². The van der Waals surface area contributed by atoms with Crippen molar-refractivity contribution in [1.29, 1.82) is 0 Å². The van der Waals surface area contributed by atoms with Crippen molar-refractivity contribution in [3.8, 4) is 0 Å². The molecule has 0 heterocycles. The Kier molecular flexibility index (Phi) is 5.37. The Morgan fingerprint density at radius 1 is 1.67 bits per heavy atom. The first-order chi connectivity index (χ1) is 5.61. The molecule has 0 unspecified atom stereocenters. The lowest BCUT2D eigenvalue weighted by atomic mass is 10.1. The highest BCUT2D eigenvalue weighted by molar-refractivity contribution is 5.87. The van der Waals surface area contributed by atoms with E-state index in [0.29, 0.717) is 12.2 Å². The van der Waals surface area contributed by atoms with E-state index in [1.807, 2.05) is 6.92 Å². The molecular weight excluding hydrogens is 156 g/mol. The highest BCUT2D eigenvalue weighted by Gasteiger charge is 2.05. The Morgan fingerprint density at radius 2 is 2.25 bits per heavy atom. The molecule has 0 aliphatic heterocycles. The number of carbonyl (C=O) groups excluding carboxylic acids is 1. The van der Waals surface area contributed by atoms with Crippen LogP contribution < -0.4 is 0 Å². The van der Waals surface area contributed by atoms with Crippen molar-refractivity contribution < 1.29 is 14.6 Å². The standard InChI is InChI=1S/C9H16O3/c1-4-12-9(11)8(3)5-7(2)6-10/h5,7,10H,4,6H2,1-3H3/b8-5+/t7-/m0/s1. The zero-order chi connectivity index (χ0) is 9.56. The van der Waals surface area contributed by atoms with E-state index in [2.05, 4.69) is 0 Å². The summed E-state index contributed by atoms with van der Waals surface area (Å²) < 4.78 is 4.76. The number of aliphatic hydroxyl groups excluding tert-OH is 1. The molecule has 70 valence electrons. The van der Waals surface area contributed by atoms with Gasteiger partial charge in [0.25, 0.3) is 0 Å². The van der Waals surface area contributed by atoms with E-state index in [-0.39, 0.29) is 18.5 Å². The maximum atomic E-state index is 11.0. The molecule has 3 nitrogen and oxygen atoms in total. The number of rotatable bonds is 4. The molecule has 0 saturated heterocycles. The summed E-state index contributed by atoms with van der Waals surface area (Å²) in [5.41, 5.74) is 0.554. The summed E-state index contributed by atoms with van der Waals surface area (Å²) >= 11 is 0. The van der Waals surface area contributed by atoms with Crippen molar-refractivity contribution in [3.05, 3.63) is 11.6 Å². The lowest BCUT2D eigenvalue weighted by Crippen LogP contribution is -2.07. The average molecular weight is 172 g/mol. The first kappa shape index (κ1) is 11.2. The second kappa shape index (κ2) is 5.77. The fraction of sp³-hybridized carbons (Fsp3) is 0.667. The number of ether oxygens (including phenoxy) is 1. The van der Waals surface area contributed by atoms with Crippen molar-refractivity contribution in [3.63, 3.8) is 0 Å². The minimum atomic E-state index is -0.308. The lowest BCUT2D eigenvalue weighted by molar-refractivity contribution is -0.138. The van der Waals surface area contributed by atoms with Crippen LogP contribution in [-0.4, -0.2) is 24.3 Å². The summed E-state index contributed by atoms with van der Waals surface area (Å²) in [6, 6.07) is 0. The fourth-order valence-electron chi connectivity index (χ4n) is 0.792. The van der Waals surface area contributed by atoms with Crippen molar-refractivity contribution in [2.24, 2.45) is 5.92 Å². The van der Waals surface area contributed by atoms with Gasteiger partial charge in [0.2, 0.25) is 0 Å². The van der Waals surface area contributed by atoms with Gasteiger partial charge in [0.05, 0.1) is 6.61 Å². The van der Waals surface area contributed by atoms with Gasteiger partial charge in [0.1, 0.15) is 0 Å². The highest BCUT2D eigenvalue weighted by Crippen LogP contribution is 2.03. The second-order valence-corrected chi connectivity index (χ2v) is 2.73. The van der Waals surface area contributed by atoms with E-state index in [1.165, 1.54) is 0 Å². The largest absolute Gasteiger partial charge is 0.463 e. The molecule has 0 rings (SSSR count). The Hall–Kier alpha value is -0.830. The van der Waals surface area contributed by atoms with Gasteiger partial charge in [0.15, 0.2) is 0 Å². The van der Waals surface area contributed by atoms with Crippen LogP contribution in [0.4, 0.5) is 0 Å². The fourth-order valence-corrected chi connectivity index (χ4v) is 0.792. The van der Waals surface area contributed by atoms with E-state index < -0.39 is 0 Å². The molecule has 0 aromatic rings. The first-order valence-electron chi connectivity index (χ1n) is 4.08. The average Bonchev–Trinajstić information content (AvgIpc) is 2.04. The Balaban J connectivity index is 4.07. The molecule has 0 aliphatic carbocycles. The predicted molar refractivity (Wildman–Crippen MR) is 46.6 cm³/mol. The third-order valence-corrected chi connectivity index (χ3v) is 1.42. The number of esters is 1. The third kappa shape index (κ3) is 4.13. The molecule has 12 heavy (non-hydrogen) atoms. The van der Waals surface area contributed by atoms with Gasteiger partial charge in [-0.05, 0) is 19.8 Å². The Morgan fingerprint density at radius 3 is 2.67 bits per heavy atom. The summed E-state index contributed by atoms with van der Waals surface area (Å²) in [5, 5.41) is 8.70. The third-order valence-electron chi connectivity index (χ3n) is 1.42. The molecule has 0 aliphatic rings. The van der Waals surface area contributed by atoms with Crippen LogP contribution in [0.1, 0.15) is 20.8 Å². The summed E-state index contributed by atoms with van der Waals surface area (Å²) in [4.78, 5) is 11.0. The van der Waals surface area contributed by atoms with Crippen molar-refractivity contribution in [2.75, 3.05) is 13.2 Å². The molecule has 0 bridgehead atoms. The van der Waals surface area contributed by atoms with E-state index in [4.69, 9.17) is 9.84 Å². The van der Waals surface area contributed by atoms with Crippen LogP contribution in [0.5, 0.6) is 0 Å². The van der Waals surface area contributed by atoms with Gasteiger partial charge in [0, 0.05) is 12.2 Å². The van der Waals surface area contributed by atoms with Crippen LogP contribution in [0.2, 0.25) is 0 Å². The van der Waals surface area contributed by atoms with E-state index in [9.17, 15) is 4.79 Å². The second-order valence-electron chi connectivity index (χ2n) is 2.73. The van der Waals surface area contributed by atoms with Crippen LogP contribution in [-0.2, 0) is 9.53 Å². The molecule has 3 heteroatoms. The normalized spacial score (nSPS) is 14.2. The number of hydrogen-bond donors (Lipinski definition) is 1. The maximum Gasteiger partial charge on any atom is 0.333 e. The molecule has 0 fully saturated rings. The van der Waals surface area contributed by atoms with Gasteiger partial charge in [-0.25, -0.2) is 4.79 Å².